The van der Waals surface area contributed by atoms with Gasteiger partial charge in [0.2, 0.25) is 5.95 Å². The highest BCUT2D eigenvalue weighted by molar-refractivity contribution is 5.94. The summed E-state index contributed by atoms with van der Waals surface area (Å²) >= 11 is 0. The number of carbonyl (C=O) groups is 1. The van der Waals surface area contributed by atoms with Gasteiger partial charge < -0.3 is 20.7 Å². The Labute approximate surface area is 216 Å². The normalized spacial score (nSPS) is 17.8. The van der Waals surface area contributed by atoms with E-state index in [0.717, 1.165) is 55.8 Å². The molecule has 2 saturated heterocycles. The molecule has 3 aromatic rings. The van der Waals surface area contributed by atoms with Gasteiger partial charge in [-0.1, -0.05) is 0 Å². The number of rotatable bonds is 7. The Balaban J connectivity index is 1.23. The molecule has 5 rings (SSSR count). The second-order valence-electron chi connectivity index (χ2n) is 9.63. The van der Waals surface area contributed by atoms with E-state index in [1.807, 2.05) is 40.2 Å². The molecule has 0 saturated carbocycles. The third-order valence-electron chi connectivity index (χ3n) is 7.30. The Morgan fingerprint density at radius 3 is 2.62 bits per heavy atom. The maximum atomic E-state index is 12.8. The number of anilines is 2. The molecule has 1 amide bonds. The van der Waals surface area contributed by atoms with Crippen LogP contribution in [0.5, 0.6) is 0 Å². The van der Waals surface area contributed by atoms with E-state index >= 15 is 0 Å². The third kappa shape index (κ3) is 5.79. The molecule has 2 aliphatic heterocycles. The van der Waals surface area contributed by atoms with Gasteiger partial charge in [0.05, 0.1) is 24.0 Å². The number of amides is 1. The van der Waals surface area contributed by atoms with Crippen molar-refractivity contribution >= 4 is 17.5 Å². The van der Waals surface area contributed by atoms with Gasteiger partial charge in [0, 0.05) is 68.0 Å². The molecule has 2 aromatic heterocycles. The summed E-state index contributed by atoms with van der Waals surface area (Å²) < 4.78 is 7.45. The molecule has 4 heterocycles. The fourth-order valence-corrected chi connectivity index (χ4v) is 5.07. The van der Waals surface area contributed by atoms with Crippen molar-refractivity contribution in [1.29, 1.82) is 5.26 Å². The van der Waals surface area contributed by atoms with Crippen LogP contribution in [0.1, 0.15) is 42.1 Å². The molecule has 2 fully saturated rings. The lowest BCUT2D eigenvalue weighted by Gasteiger charge is -2.29. The van der Waals surface area contributed by atoms with E-state index in [4.69, 9.17) is 15.7 Å². The Kier molecular flexibility index (Phi) is 7.73. The van der Waals surface area contributed by atoms with Crippen LogP contribution >= 0.6 is 0 Å². The number of carbonyl (C=O) groups excluding carboxylic acids is 1. The van der Waals surface area contributed by atoms with Crippen LogP contribution in [0.4, 0.5) is 11.6 Å². The van der Waals surface area contributed by atoms with Gasteiger partial charge in [0.15, 0.2) is 0 Å². The summed E-state index contributed by atoms with van der Waals surface area (Å²) in [5.41, 5.74) is 9.18. The lowest BCUT2D eigenvalue weighted by Crippen LogP contribution is -2.38. The number of aromatic nitrogens is 4. The smallest absolute Gasteiger partial charge is 0.253 e. The highest BCUT2D eigenvalue weighted by Gasteiger charge is 2.26. The highest BCUT2D eigenvalue weighted by atomic mass is 16.5. The van der Waals surface area contributed by atoms with E-state index in [9.17, 15) is 4.79 Å². The number of nitrogens with one attached hydrogen (secondary N) is 1. The Bertz CT molecular complexity index is 1240. The number of hydrogen-bond acceptors (Lipinski definition) is 8. The van der Waals surface area contributed by atoms with E-state index in [1.165, 1.54) is 0 Å². The van der Waals surface area contributed by atoms with Crippen LogP contribution < -0.4 is 11.1 Å². The van der Waals surface area contributed by atoms with Crippen LogP contribution in [-0.4, -0.2) is 63.4 Å². The van der Waals surface area contributed by atoms with Gasteiger partial charge in [-0.3, -0.25) is 9.48 Å². The molecule has 10 nitrogen and oxygen atoms in total. The van der Waals surface area contributed by atoms with Gasteiger partial charge in [-0.15, -0.1) is 0 Å². The molecule has 2 aliphatic rings. The molecular formula is C27H32N8O2. The van der Waals surface area contributed by atoms with Crippen LogP contribution in [-0.2, 0) is 4.74 Å². The summed E-state index contributed by atoms with van der Waals surface area (Å²) in [6.07, 6.45) is 8.97. The van der Waals surface area contributed by atoms with Gasteiger partial charge in [-0.2, -0.15) is 10.4 Å². The number of hydrogen-bond donors (Lipinski definition) is 2. The van der Waals surface area contributed by atoms with E-state index in [2.05, 4.69) is 26.5 Å². The van der Waals surface area contributed by atoms with Crippen molar-refractivity contribution in [2.24, 2.45) is 17.6 Å². The second-order valence-corrected chi connectivity index (χ2v) is 9.63. The molecule has 3 N–H and O–H groups in total. The topological polar surface area (TPSA) is 135 Å². The van der Waals surface area contributed by atoms with Gasteiger partial charge >= 0.3 is 0 Å². The molecule has 1 atom stereocenters. The minimum absolute atomic E-state index is 0.00487. The number of piperidine rings is 1. The van der Waals surface area contributed by atoms with Crippen molar-refractivity contribution < 1.29 is 9.53 Å². The SMILES string of the molecule is N#CC1CCN(C(=O)c2ccc(Nc3nccc(-c4cnn(C(CN)C5CCOCC5)c4)n3)cc2)CC1. The number of nitrogens with two attached hydrogens (primary N) is 1. The molecule has 0 bridgehead atoms. The van der Waals surface area contributed by atoms with Crippen molar-refractivity contribution in [3.8, 4) is 17.3 Å². The first-order valence-electron chi connectivity index (χ1n) is 12.9. The largest absolute Gasteiger partial charge is 0.381 e. The number of ether oxygens (including phenoxy) is 1. The Morgan fingerprint density at radius 2 is 1.92 bits per heavy atom. The van der Waals surface area contributed by atoms with Gasteiger partial charge in [0.25, 0.3) is 5.91 Å². The molecule has 0 aliphatic carbocycles. The van der Waals surface area contributed by atoms with Crippen molar-refractivity contribution in [1.82, 2.24) is 24.6 Å². The molecule has 1 aromatic carbocycles. The van der Waals surface area contributed by atoms with E-state index in [0.29, 0.717) is 37.1 Å². The summed E-state index contributed by atoms with van der Waals surface area (Å²) in [5, 5.41) is 16.9. The first kappa shape index (κ1) is 24.9. The molecule has 10 heteroatoms. The summed E-state index contributed by atoms with van der Waals surface area (Å²) in [6.45, 7) is 3.31. The van der Waals surface area contributed by atoms with Gasteiger partial charge in [-0.05, 0) is 61.9 Å². The Morgan fingerprint density at radius 1 is 1.16 bits per heavy atom. The zero-order valence-corrected chi connectivity index (χ0v) is 20.8. The van der Waals surface area contributed by atoms with Gasteiger partial charge in [0.1, 0.15) is 0 Å². The lowest BCUT2D eigenvalue weighted by molar-refractivity contribution is 0.0480. The summed E-state index contributed by atoms with van der Waals surface area (Å²) in [5.74, 6) is 0.959. The molecule has 192 valence electrons. The maximum Gasteiger partial charge on any atom is 0.253 e. The first-order chi connectivity index (χ1) is 18.1. The second kappa shape index (κ2) is 11.5. The first-order valence-corrected chi connectivity index (χ1v) is 12.9. The van der Waals surface area contributed by atoms with Crippen LogP contribution in [0.15, 0.2) is 48.9 Å². The van der Waals surface area contributed by atoms with Crippen molar-refractivity contribution in [2.45, 2.75) is 31.7 Å². The standard InChI is InChI=1S/C27H32N8O2/c28-15-19-6-11-34(12-7-19)26(36)21-1-3-23(4-2-21)32-27-30-10-5-24(33-27)22-17-31-35(18-22)25(16-29)20-8-13-37-14-9-20/h1-5,10,17-20,25H,6-9,11-14,16,29H2,(H,30,32,33). The van der Waals surface area contributed by atoms with Crippen molar-refractivity contribution in [3.63, 3.8) is 0 Å². The summed E-state index contributed by atoms with van der Waals surface area (Å²) in [4.78, 5) is 23.7. The zero-order valence-electron chi connectivity index (χ0n) is 20.8. The quantitative estimate of drug-likeness (QED) is 0.504. The Hall–Kier alpha value is -3.81. The summed E-state index contributed by atoms with van der Waals surface area (Å²) in [6, 6.07) is 11.6. The predicted molar refractivity (Wildman–Crippen MR) is 139 cm³/mol. The minimum atomic E-state index is -0.00487. The number of likely N-dealkylation sites (tertiary alicyclic amines) is 1. The third-order valence-corrected chi connectivity index (χ3v) is 7.30. The molecule has 0 spiro atoms. The number of nitriles is 1. The molecule has 0 radical (unpaired) electrons. The minimum Gasteiger partial charge on any atom is -0.381 e. The fourth-order valence-electron chi connectivity index (χ4n) is 5.07. The molecule has 1 unspecified atom stereocenters. The van der Waals surface area contributed by atoms with E-state index in [1.54, 1.807) is 18.3 Å². The average Bonchev–Trinajstić information content (AvgIpc) is 3.44. The van der Waals surface area contributed by atoms with Gasteiger partial charge in [-0.25, -0.2) is 9.97 Å². The highest BCUT2D eigenvalue weighted by Crippen LogP contribution is 2.28. The molecule has 37 heavy (non-hydrogen) atoms. The average molecular weight is 501 g/mol. The molecular weight excluding hydrogens is 468 g/mol. The predicted octanol–water partition coefficient (Wildman–Crippen LogP) is 3.39. The zero-order chi connectivity index (χ0) is 25.6. The maximum absolute atomic E-state index is 12.8. The van der Waals surface area contributed by atoms with Crippen LogP contribution in [0.3, 0.4) is 0 Å². The number of benzene rings is 1. The van der Waals surface area contributed by atoms with Crippen LogP contribution in [0, 0.1) is 23.2 Å². The van der Waals surface area contributed by atoms with Crippen molar-refractivity contribution in [2.75, 3.05) is 38.2 Å². The van der Waals surface area contributed by atoms with Crippen LogP contribution in [0.2, 0.25) is 0 Å². The van der Waals surface area contributed by atoms with E-state index < -0.39 is 0 Å². The monoisotopic (exact) mass is 500 g/mol. The lowest BCUT2D eigenvalue weighted by atomic mass is 9.92. The van der Waals surface area contributed by atoms with E-state index in [-0.39, 0.29) is 17.9 Å². The van der Waals surface area contributed by atoms with Crippen LogP contribution in [0.25, 0.3) is 11.3 Å². The number of nitrogens with zero attached hydrogens (tertiary/aromatic N) is 6. The fraction of sp³-hybridized carbons (Fsp3) is 0.444. The summed E-state index contributed by atoms with van der Waals surface area (Å²) in [7, 11) is 0. The van der Waals surface area contributed by atoms with Crippen molar-refractivity contribution in [3.05, 3.63) is 54.5 Å².